The van der Waals surface area contributed by atoms with Crippen LogP contribution in [-0.2, 0) is 0 Å². The van der Waals surface area contributed by atoms with E-state index in [1.165, 1.54) is 41.3 Å². The van der Waals surface area contributed by atoms with Gasteiger partial charge >= 0.3 is 0 Å². The molecular weight excluding hydrogens is 311 g/mol. The molecule has 0 radical (unpaired) electrons. The van der Waals surface area contributed by atoms with Crippen molar-refractivity contribution < 1.29 is 14.0 Å². The Morgan fingerprint density at radius 2 is 1.58 bits per heavy atom. The van der Waals surface area contributed by atoms with Gasteiger partial charge in [-0.1, -0.05) is 30.3 Å². The van der Waals surface area contributed by atoms with Crippen molar-refractivity contribution in [2.45, 2.75) is 0 Å². The van der Waals surface area contributed by atoms with Gasteiger partial charge in [-0.3, -0.25) is 20.4 Å². The van der Waals surface area contributed by atoms with E-state index in [-0.39, 0.29) is 11.1 Å². The first-order valence-electron chi connectivity index (χ1n) is 7.10. The minimum absolute atomic E-state index is 0.155. The van der Waals surface area contributed by atoms with Crippen molar-refractivity contribution in [1.29, 1.82) is 0 Å². The van der Waals surface area contributed by atoms with E-state index < -0.39 is 17.6 Å². The lowest BCUT2D eigenvalue weighted by Crippen LogP contribution is -2.41. The highest BCUT2D eigenvalue weighted by molar-refractivity contribution is 5.98. The number of hydrogen-bond acceptors (Lipinski definition) is 3. The zero-order chi connectivity index (χ0) is 16.9. The molecule has 3 rings (SSSR count). The standard InChI is InChI=1S/C17H13FN4O2/c18-15-9-5-4-8-14(15)17(24)21-20-16(23)12-10-19-22(11-12)13-6-2-1-3-7-13/h1-11H,(H,20,23)(H,21,24). The second-order valence-electron chi connectivity index (χ2n) is 4.90. The molecule has 2 N–H and O–H groups in total. The Hall–Kier alpha value is -3.48. The van der Waals surface area contributed by atoms with Crippen molar-refractivity contribution in [1.82, 2.24) is 20.6 Å². The molecule has 3 aromatic rings. The molecule has 0 aliphatic rings. The highest BCUT2D eigenvalue weighted by atomic mass is 19.1. The average molecular weight is 324 g/mol. The fraction of sp³-hybridized carbons (Fsp3) is 0. The molecule has 120 valence electrons. The van der Waals surface area contributed by atoms with Crippen molar-refractivity contribution in [2.75, 3.05) is 0 Å². The molecule has 0 aliphatic carbocycles. The van der Waals surface area contributed by atoms with Gasteiger partial charge in [0.05, 0.1) is 23.0 Å². The van der Waals surface area contributed by atoms with Gasteiger partial charge in [0.1, 0.15) is 5.82 Å². The van der Waals surface area contributed by atoms with E-state index in [1.54, 1.807) is 0 Å². The van der Waals surface area contributed by atoms with Crippen LogP contribution in [0.1, 0.15) is 20.7 Å². The Kier molecular flexibility index (Phi) is 4.33. The fourth-order valence-electron chi connectivity index (χ4n) is 2.06. The van der Waals surface area contributed by atoms with Crippen LogP contribution in [0, 0.1) is 5.82 Å². The molecule has 24 heavy (non-hydrogen) atoms. The molecule has 2 amide bonds. The molecule has 1 aromatic heterocycles. The van der Waals surface area contributed by atoms with Crippen molar-refractivity contribution in [2.24, 2.45) is 0 Å². The van der Waals surface area contributed by atoms with Gasteiger partial charge in [0, 0.05) is 6.20 Å². The van der Waals surface area contributed by atoms with Gasteiger partial charge in [0.2, 0.25) is 0 Å². The van der Waals surface area contributed by atoms with Crippen LogP contribution < -0.4 is 10.9 Å². The topological polar surface area (TPSA) is 76.0 Å². The number of benzene rings is 2. The van der Waals surface area contributed by atoms with Gasteiger partial charge in [-0.05, 0) is 24.3 Å². The van der Waals surface area contributed by atoms with E-state index >= 15 is 0 Å². The van der Waals surface area contributed by atoms with Crippen molar-refractivity contribution in [3.8, 4) is 5.69 Å². The van der Waals surface area contributed by atoms with Gasteiger partial charge < -0.3 is 0 Å². The van der Waals surface area contributed by atoms with Crippen LogP contribution in [0.2, 0.25) is 0 Å². The van der Waals surface area contributed by atoms with Crippen molar-refractivity contribution in [3.63, 3.8) is 0 Å². The molecule has 0 unspecified atom stereocenters. The smallest absolute Gasteiger partial charge is 0.267 e. The maximum Gasteiger partial charge on any atom is 0.272 e. The first-order chi connectivity index (χ1) is 11.6. The number of halogens is 1. The van der Waals surface area contributed by atoms with Gasteiger partial charge in [-0.15, -0.1) is 0 Å². The Morgan fingerprint density at radius 3 is 2.33 bits per heavy atom. The molecular formula is C17H13FN4O2. The third kappa shape index (κ3) is 3.30. The summed E-state index contributed by atoms with van der Waals surface area (Å²) in [6, 6.07) is 14.8. The van der Waals surface area contributed by atoms with Crippen LogP contribution >= 0.6 is 0 Å². The summed E-state index contributed by atoms with van der Waals surface area (Å²) in [6.07, 6.45) is 2.90. The monoisotopic (exact) mass is 324 g/mol. The van der Waals surface area contributed by atoms with Crippen LogP contribution in [0.25, 0.3) is 5.69 Å². The Bertz CT molecular complexity index is 877. The number of hydrazine groups is 1. The number of aromatic nitrogens is 2. The Balaban J connectivity index is 1.65. The first kappa shape index (κ1) is 15.4. The molecule has 0 saturated heterocycles. The summed E-state index contributed by atoms with van der Waals surface area (Å²) in [6.45, 7) is 0. The molecule has 1 heterocycles. The minimum Gasteiger partial charge on any atom is -0.267 e. The minimum atomic E-state index is -0.739. The fourth-order valence-corrected chi connectivity index (χ4v) is 2.06. The SMILES string of the molecule is O=C(NNC(=O)c1ccccc1F)c1cnn(-c2ccccc2)c1. The van der Waals surface area contributed by atoms with Crippen molar-refractivity contribution >= 4 is 11.8 Å². The number of nitrogens with one attached hydrogen (secondary N) is 2. The van der Waals surface area contributed by atoms with Crippen LogP contribution in [-0.4, -0.2) is 21.6 Å². The normalized spacial score (nSPS) is 10.2. The molecule has 0 aliphatic heterocycles. The molecule has 0 fully saturated rings. The van der Waals surface area contributed by atoms with E-state index in [9.17, 15) is 14.0 Å². The second-order valence-corrected chi connectivity index (χ2v) is 4.90. The lowest BCUT2D eigenvalue weighted by molar-refractivity contribution is 0.0844. The van der Waals surface area contributed by atoms with Gasteiger partial charge in [0.25, 0.3) is 11.8 Å². The average Bonchev–Trinajstić information content (AvgIpc) is 3.11. The zero-order valence-corrected chi connectivity index (χ0v) is 12.4. The molecule has 0 spiro atoms. The van der Waals surface area contributed by atoms with Gasteiger partial charge in [-0.2, -0.15) is 5.10 Å². The third-order valence-electron chi connectivity index (χ3n) is 3.27. The number of amides is 2. The number of carbonyl (C=O) groups is 2. The highest BCUT2D eigenvalue weighted by Gasteiger charge is 2.13. The molecule has 7 heteroatoms. The van der Waals surface area contributed by atoms with Crippen molar-refractivity contribution in [3.05, 3.63) is 83.9 Å². The summed E-state index contributed by atoms with van der Waals surface area (Å²) in [5, 5.41) is 4.09. The van der Waals surface area contributed by atoms with Crippen LogP contribution in [0.5, 0.6) is 0 Å². The van der Waals surface area contributed by atoms with E-state index in [0.29, 0.717) is 0 Å². The maximum absolute atomic E-state index is 13.5. The molecule has 6 nitrogen and oxygen atoms in total. The lowest BCUT2D eigenvalue weighted by Gasteiger charge is -2.06. The number of hydrogen-bond donors (Lipinski definition) is 2. The summed E-state index contributed by atoms with van der Waals surface area (Å²) >= 11 is 0. The second kappa shape index (κ2) is 6.74. The van der Waals surface area contributed by atoms with E-state index in [4.69, 9.17) is 0 Å². The zero-order valence-electron chi connectivity index (χ0n) is 12.4. The summed E-state index contributed by atoms with van der Waals surface area (Å²) in [7, 11) is 0. The predicted octanol–water partition coefficient (Wildman–Crippen LogP) is 2.09. The Labute approximate surface area is 136 Å². The lowest BCUT2D eigenvalue weighted by atomic mass is 10.2. The largest absolute Gasteiger partial charge is 0.272 e. The van der Waals surface area contributed by atoms with Gasteiger partial charge in [-0.25, -0.2) is 9.07 Å². The number of para-hydroxylation sites is 1. The molecule has 0 saturated carbocycles. The summed E-state index contributed by atoms with van der Waals surface area (Å²) in [5.74, 6) is -1.96. The quantitative estimate of drug-likeness (QED) is 0.724. The van der Waals surface area contributed by atoms with E-state index in [0.717, 1.165) is 5.69 Å². The summed E-state index contributed by atoms with van der Waals surface area (Å²) in [5.41, 5.74) is 5.30. The summed E-state index contributed by atoms with van der Waals surface area (Å²) < 4.78 is 15.0. The van der Waals surface area contributed by atoms with Crippen LogP contribution in [0.15, 0.2) is 67.0 Å². The molecule has 0 bridgehead atoms. The number of carbonyl (C=O) groups excluding carboxylic acids is 2. The first-order valence-corrected chi connectivity index (χ1v) is 7.10. The number of rotatable bonds is 3. The predicted molar refractivity (Wildman–Crippen MR) is 84.9 cm³/mol. The van der Waals surface area contributed by atoms with Crippen LogP contribution in [0.3, 0.4) is 0 Å². The highest BCUT2D eigenvalue weighted by Crippen LogP contribution is 2.08. The van der Waals surface area contributed by atoms with E-state index in [2.05, 4.69) is 16.0 Å². The number of nitrogens with zero attached hydrogens (tertiary/aromatic N) is 2. The molecule has 2 aromatic carbocycles. The Morgan fingerprint density at radius 1 is 0.917 bits per heavy atom. The van der Waals surface area contributed by atoms with Gasteiger partial charge in [0.15, 0.2) is 0 Å². The van der Waals surface area contributed by atoms with E-state index in [1.807, 2.05) is 30.3 Å². The summed E-state index contributed by atoms with van der Waals surface area (Å²) in [4.78, 5) is 23.9. The third-order valence-corrected chi connectivity index (χ3v) is 3.27. The maximum atomic E-state index is 13.5. The van der Waals surface area contributed by atoms with Crippen LogP contribution in [0.4, 0.5) is 4.39 Å². The molecule has 0 atom stereocenters.